The number of carbonyl (C=O) groups is 5. The first kappa shape index (κ1) is 44.6. The molecule has 0 radical (unpaired) electrons. The van der Waals surface area contributed by atoms with Crippen LogP contribution in [-0.4, -0.2) is 75.4 Å². The monoisotopic (exact) mass is 566 g/mol. The van der Waals surface area contributed by atoms with Crippen LogP contribution in [0.2, 0.25) is 0 Å². The number of halogens is 6. The summed E-state index contributed by atoms with van der Waals surface area (Å²) >= 11 is 0. The zero-order chi connectivity index (χ0) is 29.3. The van der Waals surface area contributed by atoms with Gasteiger partial charge in [-0.3, -0.25) is 14.4 Å². The molecule has 0 N–H and O–H groups in total. The summed E-state index contributed by atoms with van der Waals surface area (Å²) in [6.07, 6.45) is -9.81. The molecule has 0 aliphatic rings. The number of esters is 4. The molecule has 17 heteroatoms. The minimum Gasteiger partial charge on any atom is -0.871 e. The molecule has 0 spiro atoms. The van der Waals surface area contributed by atoms with Gasteiger partial charge < -0.3 is 24.1 Å². The topological polar surface area (TPSA) is 145 Å². The Bertz CT molecular complexity index is 676. The molecule has 0 rings (SSSR count). The first-order valence-electron chi connectivity index (χ1n) is 9.98. The maximum absolute atomic E-state index is 11.5. The van der Waals surface area contributed by atoms with Crippen LogP contribution in [0.25, 0.3) is 0 Å². The fourth-order valence-electron chi connectivity index (χ4n) is 1.20. The number of hydrogen-bond acceptors (Lipinski definition) is 10. The van der Waals surface area contributed by atoms with Crippen molar-refractivity contribution in [2.24, 2.45) is 0 Å². The molecule has 0 amide bonds. The zero-order valence-corrected chi connectivity index (χ0v) is 23.2. The molecule has 0 unspecified atom stereocenters. The van der Waals surface area contributed by atoms with E-state index in [-0.39, 0.29) is 61.4 Å². The van der Waals surface area contributed by atoms with Crippen molar-refractivity contribution in [3.05, 3.63) is 11.8 Å². The summed E-state index contributed by atoms with van der Waals surface area (Å²) in [5.74, 6) is -6.52. The molecule has 0 fully saturated rings. The van der Waals surface area contributed by atoms with E-state index < -0.39 is 55.1 Å². The molecule has 0 aromatic rings. The summed E-state index contributed by atoms with van der Waals surface area (Å²) < 4.78 is 84.9. The van der Waals surface area contributed by atoms with Crippen LogP contribution < -0.4 is 34.7 Å². The Morgan fingerprint density at radius 3 is 1.38 bits per heavy atom. The van der Waals surface area contributed by atoms with Crippen molar-refractivity contribution in [3.8, 4) is 0 Å². The molecule has 0 aromatic carbocycles. The third-order valence-electron chi connectivity index (χ3n) is 2.44. The van der Waals surface area contributed by atoms with Crippen molar-refractivity contribution in [2.75, 3.05) is 26.4 Å². The third kappa shape index (κ3) is 38.4. The number of ketones is 1. The quantitative estimate of drug-likeness (QED) is 0.0628. The van der Waals surface area contributed by atoms with E-state index in [0.717, 1.165) is 0 Å². The summed E-state index contributed by atoms with van der Waals surface area (Å²) in [6.45, 7) is 8.33. The summed E-state index contributed by atoms with van der Waals surface area (Å²) in [5.41, 5.74) is 0. The molecule has 37 heavy (non-hydrogen) atoms. The van der Waals surface area contributed by atoms with E-state index in [9.17, 15) is 55.4 Å². The van der Waals surface area contributed by atoms with Gasteiger partial charge in [-0.2, -0.15) is 8.78 Å². The van der Waals surface area contributed by atoms with Gasteiger partial charge in [-0.05, 0) is 27.7 Å². The zero-order valence-electron chi connectivity index (χ0n) is 21.2. The minimum absolute atomic E-state index is 0. The molecule has 0 saturated carbocycles. The third-order valence-corrected chi connectivity index (χ3v) is 2.44. The maximum atomic E-state index is 11.5. The summed E-state index contributed by atoms with van der Waals surface area (Å²) in [7, 11) is 0. The Morgan fingerprint density at radius 1 is 0.703 bits per heavy atom. The Hall–Kier alpha value is -2.33. The van der Waals surface area contributed by atoms with Gasteiger partial charge in [0.1, 0.15) is 6.42 Å². The van der Waals surface area contributed by atoms with Crippen LogP contribution in [0.4, 0.5) is 26.3 Å². The van der Waals surface area contributed by atoms with E-state index >= 15 is 0 Å². The molecule has 0 atom stereocenters. The number of carbonyl (C=O) groups excluding carboxylic acids is 5. The van der Waals surface area contributed by atoms with Crippen molar-refractivity contribution in [2.45, 2.75) is 60.3 Å². The number of allylic oxidation sites excluding steroid dienone is 1. The molecular weight excluding hydrogens is 537 g/mol. The Morgan fingerprint density at radius 2 is 1.14 bits per heavy atom. The van der Waals surface area contributed by atoms with Gasteiger partial charge in [-0.15, -0.1) is 0 Å². The Kier molecular flexibility index (Phi) is 36.1. The standard InChI is InChI=1S/2C6H8F2O3.C4H6F2O2.C4H8O2.Na/c2*1-2-11-5(10)3-4(9)6(7)8;1-2-8-4(7)3(5)6;1-3-6-4(2)5;/h6H,2-3H2,1H3;3,6,9H,2H2,1H3;3H,2H2,1H3;3H2,1-2H3;/q;;;;+1/p-1/b;4-3-;;;. The summed E-state index contributed by atoms with van der Waals surface area (Å²) in [5, 5.41) is 10.1. The minimum atomic E-state index is -3.14. The summed E-state index contributed by atoms with van der Waals surface area (Å²) in [6, 6.07) is 0. The van der Waals surface area contributed by atoms with E-state index in [2.05, 4.69) is 18.9 Å². The van der Waals surface area contributed by atoms with Crippen LogP contribution in [0.3, 0.4) is 0 Å². The number of alkyl halides is 6. The molecule has 0 aliphatic heterocycles. The smallest absolute Gasteiger partial charge is 0.871 e. The van der Waals surface area contributed by atoms with Crippen LogP contribution in [0.15, 0.2) is 11.8 Å². The predicted octanol–water partition coefficient (Wildman–Crippen LogP) is -0.779. The number of ether oxygens (including phenoxy) is 4. The largest absolute Gasteiger partial charge is 1.00 e. The molecule has 10 nitrogen and oxygen atoms in total. The van der Waals surface area contributed by atoms with Gasteiger partial charge in [-0.25, -0.2) is 27.2 Å². The molecule has 0 aliphatic carbocycles. The van der Waals surface area contributed by atoms with Crippen molar-refractivity contribution in [3.63, 3.8) is 0 Å². The van der Waals surface area contributed by atoms with E-state index in [4.69, 9.17) is 0 Å². The van der Waals surface area contributed by atoms with Gasteiger partial charge in [0.25, 0.3) is 6.43 Å². The molecule has 0 aromatic heterocycles. The average Bonchev–Trinajstić information content (AvgIpc) is 2.75. The fourth-order valence-corrected chi connectivity index (χ4v) is 1.20. The van der Waals surface area contributed by atoms with Crippen molar-refractivity contribution in [1.29, 1.82) is 0 Å². The average molecular weight is 566 g/mol. The van der Waals surface area contributed by atoms with Gasteiger partial charge in [-0.1, -0.05) is 5.76 Å². The Balaban J connectivity index is -0.000000125. The van der Waals surface area contributed by atoms with E-state index in [1.165, 1.54) is 27.7 Å². The van der Waals surface area contributed by atoms with Gasteiger partial charge in [0.05, 0.1) is 26.4 Å². The first-order valence-corrected chi connectivity index (χ1v) is 9.98. The second-order valence-corrected chi connectivity index (χ2v) is 5.33. The van der Waals surface area contributed by atoms with Crippen molar-refractivity contribution < 1.29 is 104 Å². The number of hydrogen-bond donors (Lipinski definition) is 0. The normalized spacial score (nSPS) is 9.73. The van der Waals surface area contributed by atoms with Gasteiger partial charge in [0.15, 0.2) is 0 Å². The molecular formula is C20H29F6NaO10. The molecule has 0 bridgehead atoms. The van der Waals surface area contributed by atoms with Crippen LogP contribution in [0, 0.1) is 0 Å². The van der Waals surface area contributed by atoms with Crippen LogP contribution in [0.5, 0.6) is 0 Å². The fraction of sp³-hybridized carbons (Fsp3) is 0.650. The molecule has 212 valence electrons. The van der Waals surface area contributed by atoms with Crippen molar-refractivity contribution in [1.82, 2.24) is 0 Å². The predicted molar refractivity (Wildman–Crippen MR) is 108 cm³/mol. The second-order valence-electron chi connectivity index (χ2n) is 5.33. The van der Waals surface area contributed by atoms with Crippen LogP contribution in [0.1, 0.15) is 41.0 Å². The number of Topliss-reactive ketones (excluding diaryl/α,β-unsaturated/α-hetero) is 1. The van der Waals surface area contributed by atoms with Gasteiger partial charge >= 0.3 is 59.9 Å². The van der Waals surface area contributed by atoms with E-state index in [1.807, 2.05) is 0 Å². The second kappa shape index (κ2) is 29.9. The van der Waals surface area contributed by atoms with Crippen molar-refractivity contribution >= 4 is 29.7 Å². The molecule has 0 saturated heterocycles. The van der Waals surface area contributed by atoms with Crippen LogP contribution >= 0.6 is 0 Å². The number of rotatable bonds is 10. The summed E-state index contributed by atoms with van der Waals surface area (Å²) in [4.78, 5) is 50.5. The molecule has 0 heterocycles. The first-order chi connectivity index (χ1) is 16.6. The SMILES string of the molecule is CCOC(=O)/C=C(\[O-])C(F)F.CCOC(=O)C(F)F.CCOC(=O)CC(=O)C(F)F.CCOC(C)=O.[Na+]. The van der Waals surface area contributed by atoms with Gasteiger partial charge in [0.2, 0.25) is 12.2 Å². The van der Waals surface area contributed by atoms with E-state index in [0.29, 0.717) is 6.61 Å². The Labute approximate surface area is 231 Å². The maximum Gasteiger partial charge on any atom is 1.00 e. The van der Waals surface area contributed by atoms with E-state index in [1.54, 1.807) is 6.92 Å². The van der Waals surface area contributed by atoms with Gasteiger partial charge in [0, 0.05) is 13.0 Å². The van der Waals surface area contributed by atoms with Crippen LogP contribution in [-0.2, 0) is 42.9 Å².